The standard InChI is InChI=1S/C13H16N2O5/c1-4-20-13(17)11-7-9(16)8-12(15(18)19)10(11)5-6-14(2)3/h5-8,16H,4H2,1-3H3/b6-5+. The van der Waals surface area contributed by atoms with E-state index in [0.717, 1.165) is 12.1 Å². The molecule has 0 spiro atoms. The predicted molar refractivity (Wildman–Crippen MR) is 73.4 cm³/mol. The van der Waals surface area contributed by atoms with Gasteiger partial charge < -0.3 is 14.7 Å². The molecular formula is C13H16N2O5. The van der Waals surface area contributed by atoms with Gasteiger partial charge in [-0.05, 0) is 25.3 Å². The molecule has 0 aliphatic heterocycles. The van der Waals surface area contributed by atoms with Gasteiger partial charge >= 0.3 is 5.97 Å². The van der Waals surface area contributed by atoms with Gasteiger partial charge in [-0.25, -0.2) is 4.79 Å². The molecule has 0 saturated heterocycles. The number of nitrogens with zero attached hydrogens (tertiary/aromatic N) is 2. The fourth-order valence-corrected chi connectivity index (χ4v) is 1.55. The van der Waals surface area contributed by atoms with Gasteiger partial charge in [-0.15, -0.1) is 0 Å². The van der Waals surface area contributed by atoms with Gasteiger partial charge in [0.05, 0.1) is 28.7 Å². The fraction of sp³-hybridized carbons (Fsp3) is 0.308. The van der Waals surface area contributed by atoms with Crippen molar-refractivity contribution in [2.45, 2.75) is 6.92 Å². The van der Waals surface area contributed by atoms with Gasteiger partial charge in [-0.1, -0.05) is 0 Å². The predicted octanol–water partition coefficient (Wildman–Crippen LogP) is 2.01. The van der Waals surface area contributed by atoms with Crippen molar-refractivity contribution in [3.05, 3.63) is 39.6 Å². The lowest BCUT2D eigenvalue weighted by atomic mass is 10.0. The molecule has 0 bridgehead atoms. The van der Waals surface area contributed by atoms with Gasteiger partial charge in [0.2, 0.25) is 0 Å². The number of carbonyl (C=O) groups is 1. The minimum absolute atomic E-state index is 0.0448. The molecule has 0 atom stereocenters. The van der Waals surface area contributed by atoms with E-state index in [9.17, 15) is 20.0 Å². The molecule has 0 aliphatic rings. The monoisotopic (exact) mass is 280 g/mol. The summed E-state index contributed by atoms with van der Waals surface area (Å²) in [6.07, 6.45) is 3.01. The number of benzene rings is 1. The Morgan fingerprint density at radius 3 is 2.65 bits per heavy atom. The topological polar surface area (TPSA) is 92.9 Å². The van der Waals surface area contributed by atoms with Crippen LogP contribution in [0.25, 0.3) is 6.08 Å². The molecule has 0 heterocycles. The smallest absolute Gasteiger partial charge is 0.339 e. The summed E-state index contributed by atoms with van der Waals surface area (Å²) in [6, 6.07) is 2.15. The molecule has 7 heteroatoms. The molecule has 0 aliphatic carbocycles. The first kappa shape index (κ1) is 15.5. The van der Waals surface area contributed by atoms with Crippen LogP contribution in [0.5, 0.6) is 5.75 Å². The lowest BCUT2D eigenvalue weighted by Crippen LogP contribution is -2.09. The summed E-state index contributed by atoms with van der Waals surface area (Å²) in [5.74, 6) is -1.08. The SMILES string of the molecule is CCOC(=O)c1cc(O)cc([N+](=O)[O-])c1/C=C/N(C)C. The Hall–Kier alpha value is -2.57. The number of carbonyl (C=O) groups excluding carboxylic acids is 1. The lowest BCUT2D eigenvalue weighted by Gasteiger charge is -2.09. The zero-order valence-electron chi connectivity index (χ0n) is 11.5. The van der Waals surface area contributed by atoms with E-state index in [2.05, 4.69) is 0 Å². The first-order chi connectivity index (χ1) is 9.36. The Kier molecular flexibility index (Phi) is 5.08. The van der Waals surface area contributed by atoms with E-state index in [0.29, 0.717) is 0 Å². The molecule has 0 fully saturated rings. The number of hydrogen-bond donors (Lipinski definition) is 1. The summed E-state index contributed by atoms with van der Waals surface area (Å²) in [5.41, 5.74) is -0.303. The van der Waals surface area contributed by atoms with E-state index in [4.69, 9.17) is 4.74 Å². The number of ether oxygens (including phenoxy) is 1. The van der Waals surface area contributed by atoms with Crippen molar-refractivity contribution in [1.82, 2.24) is 4.90 Å². The maximum Gasteiger partial charge on any atom is 0.339 e. The van der Waals surface area contributed by atoms with Crippen LogP contribution >= 0.6 is 0 Å². The molecule has 1 rings (SSSR count). The van der Waals surface area contributed by atoms with Crippen molar-refractivity contribution in [2.24, 2.45) is 0 Å². The molecule has 7 nitrogen and oxygen atoms in total. The van der Waals surface area contributed by atoms with Crippen LogP contribution in [0.4, 0.5) is 5.69 Å². The van der Waals surface area contributed by atoms with Crippen LogP contribution in [0.3, 0.4) is 0 Å². The summed E-state index contributed by atoms with van der Waals surface area (Å²) in [4.78, 5) is 23.9. The third-order valence-corrected chi connectivity index (χ3v) is 2.37. The minimum Gasteiger partial charge on any atom is -0.508 e. The van der Waals surface area contributed by atoms with Gasteiger partial charge in [-0.3, -0.25) is 10.1 Å². The third kappa shape index (κ3) is 3.71. The first-order valence-electron chi connectivity index (χ1n) is 5.90. The zero-order valence-corrected chi connectivity index (χ0v) is 11.5. The van der Waals surface area contributed by atoms with Gasteiger partial charge in [-0.2, -0.15) is 0 Å². The summed E-state index contributed by atoms with van der Waals surface area (Å²) in [6.45, 7) is 1.77. The van der Waals surface area contributed by atoms with E-state index in [1.54, 1.807) is 32.1 Å². The average molecular weight is 280 g/mol. The number of nitro groups is 1. The molecule has 0 aromatic heterocycles. The van der Waals surface area contributed by atoms with E-state index in [-0.39, 0.29) is 29.2 Å². The molecule has 0 radical (unpaired) electrons. The number of aromatic hydroxyl groups is 1. The molecule has 1 aromatic rings. The highest BCUT2D eigenvalue weighted by Gasteiger charge is 2.22. The highest BCUT2D eigenvalue weighted by atomic mass is 16.6. The van der Waals surface area contributed by atoms with Crippen LogP contribution in [0.1, 0.15) is 22.8 Å². The third-order valence-electron chi connectivity index (χ3n) is 2.37. The number of nitro benzene ring substituents is 1. The molecule has 0 unspecified atom stereocenters. The first-order valence-corrected chi connectivity index (χ1v) is 5.90. The second-order valence-electron chi connectivity index (χ2n) is 4.18. The number of phenols is 1. The van der Waals surface area contributed by atoms with Gasteiger partial charge in [0.25, 0.3) is 5.69 Å². The molecule has 108 valence electrons. The number of hydrogen-bond acceptors (Lipinski definition) is 6. The highest BCUT2D eigenvalue weighted by molar-refractivity contribution is 5.96. The van der Waals surface area contributed by atoms with Crippen LogP contribution in [0, 0.1) is 10.1 Å². The quantitative estimate of drug-likeness (QED) is 0.504. The Labute approximate surface area is 116 Å². The van der Waals surface area contributed by atoms with Crippen LogP contribution < -0.4 is 0 Å². The summed E-state index contributed by atoms with van der Waals surface area (Å²) in [7, 11) is 3.49. The molecule has 1 aromatic carbocycles. The number of phenolic OH excluding ortho intramolecular Hbond substituents is 1. The Morgan fingerprint density at radius 1 is 1.50 bits per heavy atom. The van der Waals surface area contributed by atoms with Gasteiger partial charge in [0.15, 0.2) is 0 Å². The average Bonchev–Trinajstić information content (AvgIpc) is 2.36. The van der Waals surface area contributed by atoms with Crippen molar-refractivity contribution >= 4 is 17.7 Å². The maximum atomic E-state index is 11.8. The Morgan fingerprint density at radius 2 is 2.15 bits per heavy atom. The second kappa shape index (κ2) is 6.55. The van der Waals surface area contributed by atoms with Crippen molar-refractivity contribution in [3.8, 4) is 5.75 Å². The van der Waals surface area contributed by atoms with E-state index >= 15 is 0 Å². The minimum atomic E-state index is -0.718. The summed E-state index contributed by atoms with van der Waals surface area (Å²) < 4.78 is 4.85. The molecular weight excluding hydrogens is 264 g/mol. The number of esters is 1. The van der Waals surface area contributed by atoms with Crippen molar-refractivity contribution < 1.29 is 19.6 Å². The van der Waals surface area contributed by atoms with E-state index in [1.807, 2.05) is 0 Å². The largest absolute Gasteiger partial charge is 0.508 e. The fourth-order valence-electron chi connectivity index (χ4n) is 1.55. The van der Waals surface area contributed by atoms with E-state index in [1.165, 1.54) is 6.08 Å². The highest BCUT2D eigenvalue weighted by Crippen LogP contribution is 2.30. The van der Waals surface area contributed by atoms with Crippen molar-refractivity contribution in [1.29, 1.82) is 0 Å². The van der Waals surface area contributed by atoms with Gasteiger partial charge in [0, 0.05) is 14.1 Å². The molecule has 20 heavy (non-hydrogen) atoms. The molecule has 1 N–H and O–H groups in total. The van der Waals surface area contributed by atoms with Crippen LogP contribution in [-0.4, -0.2) is 41.6 Å². The molecule has 0 amide bonds. The van der Waals surface area contributed by atoms with E-state index < -0.39 is 10.9 Å². The zero-order chi connectivity index (χ0) is 15.3. The Bertz CT molecular complexity index is 552. The van der Waals surface area contributed by atoms with Crippen LogP contribution in [0.2, 0.25) is 0 Å². The second-order valence-corrected chi connectivity index (χ2v) is 4.18. The lowest BCUT2D eigenvalue weighted by molar-refractivity contribution is -0.385. The number of rotatable bonds is 5. The normalized spacial score (nSPS) is 10.6. The van der Waals surface area contributed by atoms with Gasteiger partial charge in [0.1, 0.15) is 5.75 Å². The maximum absolute atomic E-state index is 11.8. The Balaban J connectivity index is 3.46. The van der Waals surface area contributed by atoms with Crippen LogP contribution in [-0.2, 0) is 4.74 Å². The summed E-state index contributed by atoms with van der Waals surface area (Å²) in [5, 5.41) is 20.6. The molecule has 0 saturated carbocycles. The van der Waals surface area contributed by atoms with Crippen molar-refractivity contribution in [3.63, 3.8) is 0 Å². The van der Waals surface area contributed by atoms with Crippen molar-refractivity contribution in [2.75, 3.05) is 20.7 Å². The van der Waals surface area contributed by atoms with Crippen LogP contribution in [0.15, 0.2) is 18.3 Å². The summed E-state index contributed by atoms with van der Waals surface area (Å²) >= 11 is 0.